The summed E-state index contributed by atoms with van der Waals surface area (Å²) in [5, 5.41) is 0. The van der Waals surface area contributed by atoms with E-state index in [0.29, 0.717) is 19.3 Å². The molecule has 1 unspecified atom stereocenters. The van der Waals surface area contributed by atoms with Crippen LogP contribution in [-0.4, -0.2) is 44.9 Å². The van der Waals surface area contributed by atoms with Crippen LogP contribution in [0, 0.1) is 6.92 Å². The van der Waals surface area contributed by atoms with Crippen molar-refractivity contribution >= 4 is 5.69 Å². The van der Waals surface area contributed by atoms with E-state index in [4.69, 9.17) is 15.2 Å². The smallest absolute Gasteiger partial charge is 0.0615 e. The van der Waals surface area contributed by atoms with Crippen LogP contribution in [0.3, 0.4) is 0 Å². The molecule has 1 aromatic carbocycles. The third kappa shape index (κ3) is 5.19. The molecule has 0 aliphatic rings. The number of methoxy groups -OCH3 is 2. The average molecular weight is 266 g/mol. The third-order valence-corrected chi connectivity index (χ3v) is 3.29. The number of hydrogen-bond donors (Lipinski definition) is 1. The summed E-state index contributed by atoms with van der Waals surface area (Å²) in [6, 6.07) is 6.49. The molecule has 108 valence electrons. The van der Waals surface area contributed by atoms with Crippen molar-refractivity contribution in [2.45, 2.75) is 26.4 Å². The van der Waals surface area contributed by atoms with Gasteiger partial charge in [-0.05, 0) is 25.5 Å². The highest BCUT2D eigenvalue weighted by molar-refractivity contribution is 5.48. The lowest BCUT2D eigenvalue weighted by Gasteiger charge is -2.29. The molecule has 0 aromatic heterocycles. The van der Waals surface area contributed by atoms with Crippen molar-refractivity contribution in [3.63, 3.8) is 0 Å². The van der Waals surface area contributed by atoms with Gasteiger partial charge in [0, 0.05) is 39.0 Å². The highest BCUT2D eigenvalue weighted by atomic mass is 16.5. The van der Waals surface area contributed by atoms with Crippen LogP contribution in [0.5, 0.6) is 0 Å². The van der Waals surface area contributed by atoms with Gasteiger partial charge in [-0.2, -0.15) is 0 Å². The van der Waals surface area contributed by atoms with Crippen molar-refractivity contribution < 1.29 is 9.47 Å². The fraction of sp³-hybridized carbons (Fsp3) is 0.600. The Bertz CT molecular complexity index is 382. The van der Waals surface area contributed by atoms with Gasteiger partial charge in [-0.25, -0.2) is 0 Å². The van der Waals surface area contributed by atoms with Crippen LogP contribution in [0.15, 0.2) is 18.2 Å². The van der Waals surface area contributed by atoms with Crippen LogP contribution in [0.2, 0.25) is 0 Å². The van der Waals surface area contributed by atoms with Crippen molar-refractivity contribution in [2.24, 2.45) is 0 Å². The second-order valence-corrected chi connectivity index (χ2v) is 4.97. The molecule has 2 N–H and O–H groups in total. The van der Waals surface area contributed by atoms with E-state index in [1.165, 1.54) is 11.1 Å². The van der Waals surface area contributed by atoms with E-state index in [-0.39, 0.29) is 0 Å². The van der Waals surface area contributed by atoms with E-state index in [9.17, 15) is 0 Å². The van der Waals surface area contributed by atoms with Crippen LogP contribution in [0.1, 0.15) is 18.1 Å². The maximum absolute atomic E-state index is 6.05. The first-order valence-electron chi connectivity index (χ1n) is 6.65. The van der Waals surface area contributed by atoms with Crippen LogP contribution >= 0.6 is 0 Å². The fourth-order valence-corrected chi connectivity index (χ4v) is 2.10. The van der Waals surface area contributed by atoms with Gasteiger partial charge in [0.1, 0.15) is 0 Å². The Balaban J connectivity index is 2.77. The Hall–Kier alpha value is -1.10. The molecule has 0 heterocycles. The number of nitrogen functional groups attached to an aromatic ring is 1. The minimum atomic E-state index is 0.333. The molecule has 0 saturated heterocycles. The number of aryl methyl sites for hydroxylation is 1. The number of rotatable bonds is 8. The zero-order valence-corrected chi connectivity index (χ0v) is 12.5. The van der Waals surface area contributed by atoms with Gasteiger partial charge in [-0.1, -0.05) is 17.7 Å². The van der Waals surface area contributed by atoms with Crippen molar-refractivity contribution in [1.82, 2.24) is 4.90 Å². The number of hydrogen-bond acceptors (Lipinski definition) is 4. The molecule has 1 rings (SSSR count). The second-order valence-electron chi connectivity index (χ2n) is 4.97. The van der Waals surface area contributed by atoms with E-state index in [1.54, 1.807) is 14.2 Å². The molecule has 0 spiro atoms. The van der Waals surface area contributed by atoms with Crippen LogP contribution in [0.25, 0.3) is 0 Å². The third-order valence-electron chi connectivity index (χ3n) is 3.29. The molecule has 19 heavy (non-hydrogen) atoms. The summed E-state index contributed by atoms with van der Waals surface area (Å²) in [5.41, 5.74) is 9.29. The molecule has 4 nitrogen and oxygen atoms in total. The normalized spacial score (nSPS) is 12.9. The molecule has 1 atom stereocenters. The van der Waals surface area contributed by atoms with Gasteiger partial charge >= 0.3 is 0 Å². The number of nitrogens with zero attached hydrogens (tertiary/aromatic N) is 1. The van der Waals surface area contributed by atoms with Gasteiger partial charge in [0.2, 0.25) is 0 Å². The minimum Gasteiger partial charge on any atom is -0.398 e. The molecule has 0 saturated carbocycles. The van der Waals surface area contributed by atoms with Crippen molar-refractivity contribution in [3.05, 3.63) is 29.3 Å². The Labute approximate surface area is 116 Å². The van der Waals surface area contributed by atoms with Crippen LogP contribution < -0.4 is 5.73 Å². The minimum absolute atomic E-state index is 0.333. The first kappa shape index (κ1) is 16.0. The zero-order valence-electron chi connectivity index (χ0n) is 12.5. The zero-order chi connectivity index (χ0) is 14.3. The Morgan fingerprint density at radius 2 is 2.00 bits per heavy atom. The van der Waals surface area contributed by atoms with E-state index in [0.717, 1.165) is 18.8 Å². The number of ether oxygens (including phenoxy) is 2. The quantitative estimate of drug-likeness (QED) is 0.732. The second kappa shape index (κ2) is 8.15. The summed E-state index contributed by atoms with van der Waals surface area (Å²) >= 11 is 0. The van der Waals surface area contributed by atoms with Gasteiger partial charge in [-0.15, -0.1) is 0 Å². The van der Waals surface area contributed by atoms with Gasteiger partial charge in [-0.3, -0.25) is 4.90 Å². The van der Waals surface area contributed by atoms with Crippen molar-refractivity contribution in [1.29, 1.82) is 0 Å². The standard InChI is InChI=1S/C15H26N2O2/c1-12-5-6-15(16)14(9-12)10-17(7-8-18-3)13(2)11-19-4/h5-6,9,13H,7-8,10-11,16H2,1-4H3. The van der Waals surface area contributed by atoms with E-state index >= 15 is 0 Å². The molecular formula is C15H26N2O2. The summed E-state index contributed by atoms with van der Waals surface area (Å²) in [6.07, 6.45) is 0. The average Bonchev–Trinajstić information content (AvgIpc) is 2.38. The van der Waals surface area contributed by atoms with Crippen LogP contribution in [-0.2, 0) is 16.0 Å². The number of benzene rings is 1. The maximum Gasteiger partial charge on any atom is 0.0615 e. The molecule has 0 radical (unpaired) electrons. The van der Waals surface area contributed by atoms with Crippen LogP contribution in [0.4, 0.5) is 5.69 Å². The maximum atomic E-state index is 6.05. The summed E-state index contributed by atoms with van der Waals surface area (Å²) in [7, 11) is 3.45. The van der Waals surface area contributed by atoms with Gasteiger partial charge in [0.15, 0.2) is 0 Å². The molecule has 0 amide bonds. The lowest BCUT2D eigenvalue weighted by Crippen LogP contribution is -2.38. The number of nitrogens with two attached hydrogens (primary N) is 1. The molecular weight excluding hydrogens is 240 g/mol. The van der Waals surface area contributed by atoms with Gasteiger partial charge in [0.25, 0.3) is 0 Å². The van der Waals surface area contributed by atoms with E-state index in [2.05, 4.69) is 24.8 Å². The Kier molecular flexibility index (Phi) is 6.84. The summed E-state index contributed by atoms with van der Waals surface area (Å²) in [4.78, 5) is 2.33. The largest absolute Gasteiger partial charge is 0.398 e. The van der Waals surface area contributed by atoms with Gasteiger partial charge in [0.05, 0.1) is 13.2 Å². The predicted octanol–water partition coefficient (Wildman–Crippen LogP) is 2.06. The Morgan fingerprint density at radius 1 is 1.26 bits per heavy atom. The first-order valence-corrected chi connectivity index (χ1v) is 6.65. The monoisotopic (exact) mass is 266 g/mol. The Morgan fingerprint density at radius 3 is 2.63 bits per heavy atom. The van der Waals surface area contributed by atoms with Crippen molar-refractivity contribution in [3.8, 4) is 0 Å². The molecule has 1 aromatic rings. The molecule has 0 aliphatic heterocycles. The molecule has 0 aliphatic carbocycles. The summed E-state index contributed by atoms with van der Waals surface area (Å²) in [6.45, 7) is 7.34. The molecule has 0 bridgehead atoms. The first-order chi connectivity index (χ1) is 9.08. The lowest BCUT2D eigenvalue weighted by atomic mass is 10.1. The fourth-order valence-electron chi connectivity index (χ4n) is 2.10. The predicted molar refractivity (Wildman–Crippen MR) is 79.2 cm³/mol. The molecule has 4 heteroatoms. The van der Waals surface area contributed by atoms with E-state index < -0.39 is 0 Å². The van der Waals surface area contributed by atoms with Gasteiger partial charge < -0.3 is 15.2 Å². The summed E-state index contributed by atoms with van der Waals surface area (Å²) in [5.74, 6) is 0. The molecule has 0 fully saturated rings. The topological polar surface area (TPSA) is 47.7 Å². The highest BCUT2D eigenvalue weighted by Gasteiger charge is 2.15. The number of anilines is 1. The highest BCUT2D eigenvalue weighted by Crippen LogP contribution is 2.17. The summed E-state index contributed by atoms with van der Waals surface area (Å²) < 4.78 is 10.4. The SMILES string of the molecule is COCCN(Cc1cc(C)ccc1N)C(C)COC. The van der Waals surface area contributed by atoms with Crippen molar-refractivity contribution in [2.75, 3.05) is 39.7 Å². The lowest BCUT2D eigenvalue weighted by molar-refractivity contribution is 0.0706. The van der Waals surface area contributed by atoms with E-state index in [1.807, 2.05) is 12.1 Å².